The van der Waals surface area contributed by atoms with Crippen molar-refractivity contribution in [3.8, 4) is 0 Å². The van der Waals surface area contributed by atoms with Crippen molar-refractivity contribution in [1.29, 1.82) is 0 Å². The predicted octanol–water partition coefficient (Wildman–Crippen LogP) is 3.93. The maximum absolute atomic E-state index is 3.10. The molecule has 0 radical (unpaired) electrons. The molecule has 0 spiro atoms. The van der Waals surface area contributed by atoms with E-state index in [2.05, 4.69) is 78.9 Å². The van der Waals surface area contributed by atoms with E-state index >= 15 is 0 Å². The van der Waals surface area contributed by atoms with Crippen LogP contribution in [0.5, 0.6) is 0 Å². The Labute approximate surface area is 115 Å². The molecule has 0 aromatic heterocycles. The normalized spacial score (nSPS) is 13.2. The van der Waals surface area contributed by atoms with Gasteiger partial charge in [-0.25, -0.2) is 0 Å². The standard InChI is InChI=1S/C18H14P/c1-4-10-16(11-5-1)19(17-12-6-2-7-13-17)18-14-8-3-9-15-18/h1-2,4-15H/q+1. The van der Waals surface area contributed by atoms with Crippen molar-refractivity contribution in [2.75, 3.05) is 0 Å². The maximum atomic E-state index is 3.10. The van der Waals surface area contributed by atoms with Gasteiger partial charge in [-0.15, -0.1) is 0 Å². The van der Waals surface area contributed by atoms with Crippen molar-refractivity contribution in [3.63, 3.8) is 0 Å². The van der Waals surface area contributed by atoms with Gasteiger partial charge in [0.05, 0.1) is 17.5 Å². The van der Waals surface area contributed by atoms with Crippen molar-refractivity contribution in [2.45, 2.75) is 0 Å². The molecule has 3 rings (SSSR count). The molecule has 2 aromatic rings. The van der Waals surface area contributed by atoms with Crippen LogP contribution in [0.15, 0.2) is 90.3 Å². The summed E-state index contributed by atoms with van der Waals surface area (Å²) in [5.74, 6) is 0. The highest BCUT2D eigenvalue weighted by Crippen LogP contribution is 2.44. The van der Waals surface area contributed by atoms with E-state index in [-0.39, 0.29) is 0 Å². The topological polar surface area (TPSA) is 0 Å². The van der Waals surface area contributed by atoms with E-state index in [4.69, 9.17) is 0 Å². The molecule has 0 fully saturated rings. The summed E-state index contributed by atoms with van der Waals surface area (Å²) in [6.45, 7) is 0. The second-order valence-electron chi connectivity index (χ2n) is 4.26. The fourth-order valence-electron chi connectivity index (χ4n) is 2.13. The third-order valence-corrected chi connectivity index (χ3v) is 5.43. The van der Waals surface area contributed by atoms with Gasteiger partial charge in [0.2, 0.25) is 0 Å². The van der Waals surface area contributed by atoms with Crippen LogP contribution in [0.3, 0.4) is 0 Å². The van der Waals surface area contributed by atoms with Crippen LogP contribution >= 0.6 is 7.92 Å². The van der Waals surface area contributed by atoms with Crippen LogP contribution in [-0.4, -0.2) is 0 Å². The summed E-state index contributed by atoms with van der Waals surface area (Å²) in [4.78, 5) is 0. The molecular weight excluding hydrogens is 247 g/mol. The van der Waals surface area contributed by atoms with Crippen molar-refractivity contribution in [3.05, 3.63) is 96.4 Å². The Kier molecular flexibility index (Phi) is 3.65. The predicted molar refractivity (Wildman–Crippen MR) is 84.1 cm³/mol. The molecule has 0 unspecified atom stereocenters. The summed E-state index contributed by atoms with van der Waals surface area (Å²) in [6, 6.07) is 21.5. The summed E-state index contributed by atoms with van der Waals surface area (Å²) >= 11 is 0. The first-order valence-electron chi connectivity index (χ1n) is 6.31. The number of allylic oxidation sites excluding steroid dienone is 6. The van der Waals surface area contributed by atoms with Crippen molar-refractivity contribution in [1.82, 2.24) is 0 Å². The second kappa shape index (κ2) is 5.76. The summed E-state index contributed by atoms with van der Waals surface area (Å²) in [5.41, 5.74) is 0. The Morgan fingerprint density at radius 2 is 1.32 bits per heavy atom. The third-order valence-electron chi connectivity index (χ3n) is 2.99. The Balaban J connectivity index is 2.09. The summed E-state index contributed by atoms with van der Waals surface area (Å²) in [7, 11) is -0.466. The molecule has 0 atom stereocenters. The molecule has 0 N–H and O–H groups in total. The zero-order valence-corrected chi connectivity index (χ0v) is 11.4. The lowest BCUT2D eigenvalue weighted by Crippen LogP contribution is -2.12. The smallest absolute Gasteiger partial charge is 0.0622 e. The number of rotatable bonds is 3. The number of benzene rings is 2. The van der Waals surface area contributed by atoms with E-state index in [1.165, 1.54) is 15.9 Å². The molecule has 0 nitrogen and oxygen atoms in total. The first kappa shape index (κ1) is 12.1. The molecule has 0 aliphatic heterocycles. The van der Waals surface area contributed by atoms with Gasteiger partial charge in [-0.3, -0.25) is 0 Å². The van der Waals surface area contributed by atoms with Gasteiger partial charge in [0.1, 0.15) is 12.2 Å². The van der Waals surface area contributed by atoms with Gasteiger partial charge >= 0.3 is 0 Å². The van der Waals surface area contributed by atoms with Gasteiger partial charge in [0.15, 0.2) is 0 Å². The van der Waals surface area contributed by atoms with Gasteiger partial charge in [0, 0.05) is 14.0 Å². The lowest BCUT2D eigenvalue weighted by atomic mass is 10.3. The minimum Gasteiger partial charge on any atom is -0.0622 e. The minimum atomic E-state index is -0.466. The van der Waals surface area contributed by atoms with E-state index in [9.17, 15) is 0 Å². The van der Waals surface area contributed by atoms with Crippen LogP contribution in [0.2, 0.25) is 0 Å². The van der Waals surface area contributed by atoms with Crippen molar-refractivity contribution < 1.29 is 0 Å². The molecule has 0 saturated carbocycles. The summed E-state index contributed by atoms with van der Waals surface area (Å²) in [6.07, 6.45) is 11.4. The fraction of sp³-hybridized carbons (Fsp3) is 0. The molecule has 0 heterocycles. The molecule has 19 heavy (non-hydrogen) atoms. The molecule has 2 aromatic carbocycles. The molecule has 1 aliphatic rings. The van der Waals surface area contributed by atoms with Gasteiger partial charge in [-0.05, 0) is 10.6 Å². The van der Waals surface area contributed by atoms with Gasteiger partial charge in [0.25, 0.3) is 0 Å². The maximum Gasteiger partial charge on any atom is 0.103 e. The Bertz CT molecular complexity index is 582. The van der Waals surface area contributed by atoms with E-state index in [1.807, 2.05) is 12.2 Å². The van der Waals surface area contributed by atoms with Crippen LogP contribution in [0.25, 0.3) is 0 Å². The largest absolute Gasteiger partial charge is 0.103 e. The fourth-order valence-corrected chi connectivity index (χ4v) is 4.41. The van der Waals surface area contributed by atoms with E-state index in [0.29, 0.717) is 0 Å². The SMILES string of the molecule is [C+]1=CC=C(P(c2ccccc2)c2ccccc2)C=C1. The zero-order valence-electron chi connectivity index (χ0n) is 10.5. The van der Waals surface area contributed by atoms with Gasteiger partial charge in [-0.2, -0.15) is 0 Å². The van der Waals surface area contributed by atoms with E-state index in [0.717, 1.165) is 0 Å². The average Bonchev–Trinajstić information content (AvgIpc) is 2.51. The highest BCUT2D eigenvalue weighted by molar-refractivity contribution is 7.77. The lowest BCUT2D eigenvalue weighted by molar-refractivity contribution is 1.69. The van der Waals surface area contributed by atoms with Crippen molar-refractivity contribution in [2.24, 2.45) is 0 Å². The highest BCUT2D eigenvalue weighted by Gasteiger charge is 2.21. The highest BCUT2D eigenvalue weighted by atomic mass is 31.1. The van der Waals surface area contributed by atoms with E-state index < -0.39 is 7.92 Å². The zero-order chi connectivity index (χ0) is 12.9. The molecule has 1 heteroatoms. The molecule has 0 amide bonds. The minimum absolute atomic E-state index is 0.466. The second-order valence-corrected chi connectivity index (χ2v) is 6.48. The first-order chi connectivity index (χ1) is 9.45. The molecular formula is C18H14P+. The number of hydrogen-bond acceptors (Lipinski definition) is 0. The average molecular weight is 261 g/mol. The van der Waals surface area contributed by atoms with Crippen LogP contribution in [0.4, 0.5) is 0 Å². The number of hydrogen-bond donors (Lipinski definition) is 0. The Morgan fingerprint density at radius 1 is 0.737 bits per heavy atom. The van der Waals surface area contributed by atoms with Gasteiger partial charge < -0.3 is 0 Å². The summed E-state index contributed by atoms with van der Waals surface area (Å²) < 4.78 is 0. The quantitative estimate of drug-likeness (QED) is 0.580. The third kappa shape index (κ3) is 2.71. The molecule has 1 aliphatic carbocycles. The Hall–Kier alpha value is -2.00. The van der Waals surface area contributed by atoms with E-state index in [1.54, 1.807) is 0 Å². The molecule has 0 bridgehead atoms. The van der Waals surface area contributed by atoms with Gasteiger partial charge in [-0.1, -0.05) is 60.7 Å². The van der Waals surface area contributed by atoms with Crippen LogP contribution in [0.1, 0.15) is 0 Å². The van der Waals surface area contributed by atoms with Crippen LogP contribution in [0, 0.1) is 6.08 Å². The van der Waals surface area contributed by atoms with Crippen molar-refractivity contribution >= 4 is 18.5 Å². The van der Waals surface area contributed by atoms with Crippen LogP contribution < -0.4 is 10.6 Å². The summed E-state index contributed by atoms with van der Waals surface area (Å²) in [5, 5.41) is 4.14. The Morgan fingerprint density at radius 3 is 1.79 bits per heavy atom. The molecule has 0 saturated heterocycles. The van der Waals surface area contributed by atoms with Crippen LogP contribution in [-0.2, 0) is 0 Å². The lowest BCUT2D eigenvalue weighted by Gasteiger charge is -2.17. The monoisotopic (exact) mass is 261 g/mol. The first-order valence-corrected chi connectivity index (χ1v) is 7.66. The molecule has 90 valence electrons.